The van der Waals surface area contributed by atoms with Crippen molar-refractivity contribution in [2.45, 2.75) is 25.7 Å². The molecule has 0 aliphatic heterocycles. The predicted molar refractivity (Wildman–Crippen MR) is 145 cm³/mol. The fourth-order valence-corrected chi connectivity index (χ4v) is 4.14. The van der Waals surface area contributed by atoms with Gasteiger partial charge in [0.15, 0.2) is 0 Å². The zero-order valence-corrected chi connectivity index (χ0v) is 20.3. The van der Waals surface area contributed by atoms with Crippen LogP contribution in [0.25, 0.3) is 33.0 Å². The first kappa shape index (κ1) is 25.2. The Morgan fingerprint density at radius 3 is 2.00 bits per heavy atom. The van der Waals surface area contributed by atoms with Crippen molar-refractivity contribution in [1.82, 2.24) is 0 Å². The summed E-state index contributed by atoms with van der Waals surface area (Å²) in [7, 11) is 0. The molecule has 2 nitrogen and oxygen atoms in total. The lowest BCUT2D eigenvalue weighted by Gasteiger charge is -2.11. The Morgan fingerprint density at radius 1 is 0.611 bits per heavy atom. The van der Waals surface area contributed by atoms with Crippen LogP contribution in [0.2, 0.25) is 0 Å². The first-order chi connectivity index (χ1) is 17.6. The van der Waals surface area contributed by atoms with E-state index in [1.165, 1.54) is 12.1 Å². The Labute approximate surface area is 211 Å². The average molecular weight is 485 g/mol. The van der Waals surface area contributed by atoms with Gasteiger partial charge in [-0.05, 0) is 95.6 Å². The van der Waals surface area contributed by atoms with Gasteiger partial charge in [-0.3, -0.25) is 0 Å². The van der Waals surface area contributed by atoms with Crippen LogP contribution in [0.4, 0.5) is 8.78 Å². The molecule has 0 radical (unpaired) electrons. The number of benzene rings is 4. The fourth-order valence-electron chi connectivity index (χ4n) is 4.14. The highest BCUT2D eigenvalue weighted by atomic mass is 19.1. The van der Waals surface area contributed by atoms with Crippen LogP contribution in [0.1, 0.15) is 25.7 Å². The van der Waals surface area contributed by atoms with Crippen LogP contribution in [0.5, 0.6) is 11.5 Å². The number of halogens is 2. The highest BCUT2D eigenvalue weighted by Crippen LogP contribution is 2.34. The second kappa shape index (κ2) is 12.2. The van der Waals surface area contributed by atoms with Crippen molar-refractivity contribution in [2.75, 3.05) is 13.2 Å². The van der Waals surface area contributed by atoms with Crippen molar-refractivity contribution >= 4 is 10.8 Å². The van der Waals surface area contributed by atoms with Gasteiger partial charge in [0.05, 0.1) is 12.2 Å². The fraction of sp³-hybridized carbons (Fsp3) is 0.188. The molecule has 0 aliphatic carbocycles. The normalized spacial score (nSPS) is 10.8. The molecular weight excluding hydrogens is 454 g/mol. The van der Waals surface area contributed by atoms with Crippen LogP contribution < -0.4 is 9.47 Å². The van der Waals surface area contributed by atoms with E-state index in [0.29, 0.717) is 24.3 Å². The lowest BCUT2D eigenvalue weighted by molar-refractivity contribution is 0.305. The third-order valence-corrected chi connectivity index (χ3v) is 6.02. The lowest BCUT2D eigenvalue weighted by Crippen LogP contribution is -1.97. The Morgan fingerprint density at radius 2 is 1.28 bits per heavy atom. The molecule has 4 aromatic carbocycles. The highest BCUT2D eigenvalue weighted by Gasteiger charge is 2.15. The van der Waals surface area contributed by atoms with Gasteiger partial charge < -0.3 is 9.47 Å². The van der Waals surface area contributed by atoms with Crippen molar-refractivity contribution in [3.05, 3.63) is 110 Å². The number of fused-ring (bicyclic) bond motifs is 1. The zero-order valence-electron chi connectivity index (χ0n) is 20.3. The largest absolute Gasteiger partial charge is 0.494 e. The van der Waals surface area contributed by atoms with E-state index in [0.717, 1.165) is 53.5 Å². The predicted octanol–water partition coefficient (Wildman–Crippen LogP) is 9.14. The quantitative estimate of drug-likeness (QED) is 0.147. The van der Waals surface area contributed by atoms with Gasteiger partial charge in [-0.2, -0.15) is 0 Å². The summed E-state index contributed by atoms with van der Waals surface area (Å²) in [5.41, 5.74) is 1.66. The number of unbranched alkanes of at least 4 members (excludes halogenated alkanes) is 3. The van der Waals surface area contributed by atoms with E-state index in [-0.39, 0.29) is 5.56 Å². The van der Waals surface area contributed by atoms with Crippen LogP contribution in [-0.2, 0) is 0 Å². The number of hydrogen-bond acceptors (Lipinski definition) is 2. The van der Waals surface area contributed by atoms with Gasteiger partial charge in [0.1, 0.15) is 29.7 Å². The Balaban J connectivity index is 1.49. The number of allylic oxidation sites excluding steroid dienone is 1. The zero-order chi connectivity index (χ0) is 25.3. The molecule has 0 atom stereocenters. The first-order valence-corrected chi connectivity index (χ1v) is 12.2. The summed E-state index contributed by atoms with van der Waals surface area (Å²) in [4.78, 5) is 0. The molecule has 0 bridgehead atoms. The summed E-state index contributed by atoms with van der Waals surface area (Å²) in [6.45, 7) is 8.43. The van der Waals surface area contributed by atoms with Crippen molar-refractivity contribution in [3.63, 3.8) is 0 Å². The molecule has 4 aromatic rings. The molecular formula is C32H30F2O2. The van der Waals surface area contributed by atoms with Crippen molar-refractivity contribution in [2.24, 2.45) is 0 Å². The molecule has 0 amide bonds. The van der Waals surface area contributed by atoms with E-state index in [9.17, 15) is 0 Å². The SMILES string of the molecule is C=CCCCCCOc1ccc(-c2cc(F)c(-c3ccc4cc(OCC=C)ccc4c3)c(F)c2)cc1. The molecule has 0 aliphatic rings. The first-order valence-electron chi connectivity index (χ1n) is 12.2. The highest BCUT2D eigenvalue weighted by molar-refractivity contribution is 5.89. The van der Waals surface area contributed by atoms with E-state index in [1.54, 1.807) is 18.2 Å². The number of hydrogen-bond donors (Lipinski definition) is 0. The van der Waals surface area contributed by atoms with Crippen molar-refractivity contribution in [3.8, 4) is 33.8 Å². The molecule has 0 unspecified atom stereocenters. The van der Waals surface area contributed by atoms with Gasteiger partial charge in [-0.1, -0.05) is 49.1 Å². The minimum Gasteiger partial charge on any atom is -0.494 e. The smallest absolute Gasteiger partial charge is 0.134 e. The van der Waals surface area contributed by atoms with E-state index in [4.69, 9.17) is 9.47 Å². The molecule has 0 fully saturated rings. The molecule has 0 aromatic heterocycles. The average Bonchev–Trinajstić information content (AvgIpc) is 2.89. The van der Waals surface area contributed by atoms with E-state index >= 15 is 8.78 Å². The van der Waals surface area contributed by atoms with Crippen LogP contribution in [0, 0.1) is 11.6 Å². The molecule has 36 heavy (non-hydrogen) atoms. The molecule has 0 N–H and O–H groups in total. The van der Waals surface area contributed by atoms with Crippen LogP contribution >= 0.6 is 0 Å². The Bertz CT molecular complexity index is 1320. The van der Waals surface area contributed by atoms with E-state index in [1.807, 2.05) is 54.6 Å². The molecule has 0 saturated carbocycles. The van der Waals surface area contributed by atoms with Crippen LogP contribution in [0.3, 0.4) is 0 Å². The van der Waals surface area contributed by atoms with Gasteiger partial charge in [0.25, 0.3) is 0 Å². The standard InChI is InChI=1S/C32H30F2O2/c1-3-5-6-7-8-18-36-28-14-11-23(12-15-28)27-21-30(33)32(31(34)22-27)26-10-9-25-20-29(35-17-4-2)16-13-24(25)19-26/h3-4,9-16,19-22H,1-2,5-8,17-18H2. The summed E-state index contributed by atoms with van der Waals surface area (Å²) in [5, 5.41) is 1.80. The molecule has 4 rings (SSSR count). The Hall–Kier alpha value is -3.92. The summed E-state index contributed by atoms with van der Waals surface area (Å²) < 4.78 is 41.7. The topological polar surface area (TPSA) is 18.5 Å². The monoisotopic (exact) mass is 484 g/mol. The number of ether oxygens (including phenoxy) is 2. The summed E-state index contributed by atoms with van der Waals surface area (Å²) in [5.74, 6) is 0.260. The van der Waals surface area contributed by atoms with Crippen molar-refractivity contribution in [1.29, 1.82) is 0 Å². The second-order valence-electron chi connectivity index (χ2n) is 8.65. The van der Waals surface area contributed by atoms with Gasteiger partial charge in [0, 0.05) is 0 Å². The van der Waals surface area contributed by atoms with Crippen molar-refractivity contribution < 1.29 is 18.3 Å². The molecule has 0 heterocycles. The molecule has 4 heteroatoms. The molecule has 0 saturated heterocycles. The third kappa shape index (κ3) is 6.19. The van der Waals surface area contributed by atoms with Gasteiger partial charge >= 0.3 is 0 Å². The maximum atomic E-state index is 15.2. The maximum Gasteiger partial charge on any atom is 0.134 e. The van der Waals surface area contributed by atoms with E-state index < -0.39 is 11.6 Å². The lowest BCUT2D eigenvalue weighted by atomic mass is 9.97. The summed E-state index contributed by atoms with van der Waals surface area (Å²) >= 11 is 0. The number of rotatable bonds is 12. The maximum absolute atomic E-state index is 15.2. The molecule has 0 spiro atoms. The summed E-state index contributed by atoms with van der Waals surface area (Å²) in [6, 6.07) is 21.0. The second-order valence-corrected chi connectivity index (χ2v) is 8.65. The van der Waals surface area contributed by atoms with Crippen LogP contribution in [0.15, 0.2) is 98.1 Å². The van der Waals surface area contributed by atoms with E-state index in [2.05, 4.69) is 13.2 Å². The van der Waals surface area contributed by atoms with Gasteiger partial charge in [-0.25, -0.2) is 8.78 Å². The van der Waals surface area contributed by atoms with Gasteiger partial charge in [0.2, 0.25) is 0 Å². The third-order valence-electron chi connectivity index (χ3n) is 6.02. The summed E-state index contributed by atoms with van der Waals surface area (Å²) in [6.07, 6.45) is 7.82. The minimum atomic E-state index is -0.602. The Kier molecular flexibility index (Phi) is 8.51. The minimum absolute atomic E-state index is 0.0379. The molecule has 184 valence electrons. The van der Waals surface area contributed by atoms with Gasteiger partial charge in [-0.15, -0.1) is 6.58 Å². The van der Waals surface area contributed by atoms with Crippen LogP contribution in [-0.4, -0.2) is 13.2 Å².